The summed E-state index contributed by atoms with van der Waals surface area (Å²) < 4.78 is 18.2. The lowest BCUT2D eigenvalue weighted by Crippen LogP contribution is -1.75. The molecule has 1 N–H and O–H groups in total. The number of rotatable bonds is 1. The topological polar surface area (TPSA) is 33.4 Å². The fourth-order valence-electron chi connectivity index (χ4n) is 1.28. The second kappa shape index (κ2) is 4.16. The average molecular weight is 204 g/mol. The highest BCUT2D eigenvalue weighted by molar-refractivity contribution is 5.78. The highest BCUT2D eigenvalue weighted by Crippen LogP contribution is 2.19. The number of aliphatic hydroxyl groups excluding tert-OH is 1. The molecule has 0 aliphatic carbocycles. The van der Waals surface area contributed by atoms with Crippen LogP contribution in [0.3, 0.4) is 0 Å². The van der Waals surface area contributed by atoms with Gasteiger partial charge in [0.15, 0.2) is 5.76 Å². The van der Waals surface area contributed by atoms with Gasteiger partial charge in [-0.05, 0) is 24.1 Å². The van der Waals surface area contributed by atoms with Gasteiger partial charge >= 0.3 is 0 Å². The van der Waals surface area contributed by atoms with Crippen molar-refractivity contribution in [3.8, 4) is 11.8 Å². The Morgan fingerprint density at radius 1 is 1.33 bits per heavy atom. The largest absolute Gasteiger partial charge is 0.448 e. The van der Waals surface area contributed by atoms with Crippen molar-refractivity contribution in [3.63, 3.8) is 0 Å². The predicted molar refractivity (Wildman–Crippen MR) is 54.8 cm³/mol. The van der Waals surface area contributed by atoms with E-state index in [9.17, 15) is 4.39 Å². The zero-order chi connectivity index (χ0) is 10.7. The summed E-state index contributed by atoms with van der Waals surface area (Å²) in [6.07, 6.45) is 0.408. The van der Waals surface area contributed by atoms with Gasteiger partial charge in [-0.1, -0.05) is 5.92 Å². The van der Waals surface area contributed by atoms with E-state index < -0.39 is 0 Å². The lowest BCUT2D eigenvalue weighted by Gasteiger charge is -1.86. The minimum atomic E-state index is -0.293. The molecule has 76 valence electrons. The molecule has 2 rings (SSSR count). The summed E-state index contributed by atoms with van der Waals surface area (Å²) in [5, 5.41) is 9.24. The minimum absolute atomic E-state index is 0.0296. The van der Waals surface area contributed by atoms with Crippen LogP contribution in [0.15, 0.2) is 28.7 Å². The Bertz CT molecular complexity index is 531. The van der Waals surface area contributed by atoms with Gasteiger partial charge in [-0.15, -0.1) is 0 Å². The van der Waals surface area contributed by atoms with Crippen LogP contribution in [-0.2, 0) is 0 Å². The van der Waals surface area contributed by atoms with Gasteiger partial charge in [0.1, 0.15) is 11.4 Å². The first-order valence-corrected chi connectivity index (χ1v) is 4.58. The number of furan rings is 1. The number of hydrogen-bond acceptors (Lipinski definition) is 2. The number of halogens is 1. The van der Waals surface area contributed by atoms with Crippen molar-refractivity contribution in [2.75, 3.05) is 6.61 Å². The maximum atomic E-state index is 12.8. The van der Waals surface area contributed by atoms with Crippen molar-refractivity contribution in [1.82, 2.24) is 0 Å². The summed E-state index contributed by atoms with van der Waals surface area (Å²) in [5.41, 5.74) is 0.615. The summed E-state index contributed by atoms with van der Waals surface area (Å²) in [6, 6.07) is 6.00. The molecule has 0 saturated carbocycles. The van der Waals surface area contributed by atoms with Crippen LogP contribution in [0.2, 0.25) is 0 Å². The Hall–Kier alpha value is -1.79. The third kappa shape index (κ3) is 2.17. The molecule has 0 aliphatic rings. The van der Waals surface area contributed by atoms with E-state index in [1.165, 1.54) is 12.1 Å². The van der Waals surface area contributed by atoms with Crippen LogP contribution in [-0.4, -0.2) is 11.7 Å². The van der Waals surface area contributed by atoms with Gasteiger partial charge in [0.25, 0.3) is 0 Å². The molecule has 0 radical (unpaired) electrons. The molecule has 3 heteroatoms. The van der Waals surface area contributed by atoms with E-state index in [0.29, 0.717) is 23.2 Å². The molecule has 1 aromatic heterocycles. The Morgan fingerprint density at radius 3 is 3.00 bits per heavy atom. The second-order valence-electron chi connectivity index (χ2n) is 3.07. The number of aliphatic hydroxyl groups is 1. The van der Waals surface area contributed by atoms with E-state index in [2.05, 4.69) is 11.8 Å². The molecule has 1 heterocycles. The van der Waals surface area contributed by atoms with E-state index in [-0.39, 0.29) is 12.4 Å². The summed E-state index contributed by atoms with van der Waals surface area (Å²) in [5.74, 6) is 5.69. The Balaban J connectivity index is 2.36. The molecule has 0 atom stereocenters. The van der Waals surface area contributed by atoms with Gasteiger partial charge in [-0.25, -0.2) is 4.39 Å². The van der Waals surface area contributed by atoms with Gasteiger partial charge in [0.2, 0.25) is 0 Å². The van der Waals surface area contributed by atoms with E-state index in [1.54, 1.807) is 12.1 Å². The highest BCUT2D eigenvalue weighted by Gasteiger charge is 2.01. The highest BCUT2D eigenvalue weighted by atomic mass is 19.1. The normalized spacial score (nSPS) is 10.0. The fraction of sp³-hybridized carbons (Fsp3) is 0.167. The number of hydrogen-bond donors (Lipinski definition) is 1. The molecule has 0 fully saturated rings. The zero-order valence-corrected chi connectivity index (χ0v) is 7.96. The molecule has 1 aromatic carbocycles. The van der Waals surface area contributed by atoms with E-state index in [1.807, 2.05) is 0 Å². The van der Waals surface area contributed by atoms with Crippen molar-refractivity contribution < 1.29 is 13.9 Å². The summed E-state index contributed by atoms with van der Waals surface area (Å²) >= 11 is 0. The fourth-order valence-corrected chi connectivity index (χ4v) is 1.28. The lowest BCUT2D eigenvalue weighted by molar-refractivity contribution is 0.305. The van der Waals surface area contributed by atoms with Crippen molar-refractivity contribution in [2.24, 2.45) is 0 Å². The summed E-state index contributed by atoms with van der Waals surface area (Å²) in [4.78, 5) is 0. The van der Waals surface area contributed by atoms with Crippen LogP contribution >= 0.6 is 0 Å². The maximum absolute atomic E-state index is 12.8. The molecular formula is C12H9FO2. The van der Waals surface area contributed by atoms with Crippen molar-refractivity contribution >= 4 is 11.0 Å². The zero-order valence-electron chi connectivity index (χ0n) is 7.96. The van der Waals surface area contributed by atoms with Gasteiger partial charge < -0.3 is 9.52 Å². The van der Waals surface area contributed by atoms with Crippen LogP contribution in [0.4, 0.5) is 4.39 Å². The van der Waals surface area contributed by atoms with Crippen molar-refractivity contribution in [1.29, 1.82) is 0 Å². The molecule has 0 bridgehead atoms. The Kier molecular flexibility index (Phi) is 2.70. The van der Waals surface area contributed by atoms with Gasteiger partial charge in [-0.2, -0.15) is 0 Å². The molecule has 2 aromatic rings. The first-order valence-electron chi connectivity index (χ1n) is 4.58. The molecule has 0 aliphatic heterocycles. The molecule has 15 heavy (non-hydrogen) atoms. The first kappa shape index (κ1) is 9.75. The van der Waals surface area contributed by atoms with Gasteiger partial charge in [0.05, 0.1) is 6.61 Å². The van der Waals surface area contributed by atoms with Crippen molar-refractivity contribution in [2.45, 2.75) is 6.42 Å². The maximum Gasteiger partial charge on any atom is 0.178 e. The predicted octanol–water partition coefficient (Wildman–Crippen LogP) is 2.31. The summed E-state index contributed by atoms with van der Waals surface area (Å²) in [7, 11) is 0. The van der Waals surface area contributed by atoms with Gasteiger partial charge in [-0.3, -0.25) is 0 Å². The Morgan fingerprint density at radius 2 is 2.20 bits per heavy atom. The molecule has 0 unspecified atom stereocenters. The number of fused-ring (bicyclic) bond motifs is 1. The van der Waals surface area contributed by atoms with Crippen LogP contribution < -0.4 is 0 Å². The first-order chi connectivity index (χ1) is 7.29. The number of benzene rings is 1. The van der Waals surface area contributed by atoms with Crippen LogP contribution in [0, 0.1) is 17.7 Å². The standard InChI is InChI=1S/C12H9FO2/c13-10-4-5-12-9(7-10)8-11(15-12)3-1-2-6-14/h4-5,7-8,14H,2,6H2. The van der Waals surface area contributed by atoms with E-state index >= 15 is 0 Å². The molecule has 0 spiro atoms. The summed E-state index contributed by atoms with van der Waals surface area (Å²) in [6.45, 7) is 0.0296. The van der Waals surface area contributed by atoms with Crippen molar-refractivity contribution in [3.05, 3.63) is 35.8 Å². The molecule has 0 saturated heterocycles. The van der Waals surface area contributed by atoms with E-state index in [0.717, 1.165) is 0 Å². The smallest absolute Gasteiger partial charge is 0.178 e. The molecule has 2 nitrogen and oxygen atoms in total. The minimum Gasteiger partial charge on any atom is -0.448 e. The molecular weight excluding hydrogens is 195 g/mol. The third-order valence-electron chi connectivity index (χ3n) is 1.93. The van der Waals surface area contributed by atoms with Crippen LogP contribution in [0.1, 0.15) is 12.2 Å². The second-order valence-corrected chi connectivity index (χ2v) is 3.07. The lowest BCUT2D eigenvalue weighted by atomic mass is 10.2. The third-order valence-corrected chi connectivity index (χ3v) is 1.93. The molecule has 0 amide bonds. The van der Waals surface area contributed by atoms with Gasteiger partial charge in [0, 0.05) is 17.9 Å². The van der Waals surface area contributed by atoms with Crippen LogP contribution in [0.5, 0.6) is 0 Å². The van der Waals surface area contributed by atoms with E-state index in [4.69, 9.17) is 9.52 Å². The van der Waals surface area contributed by atoms with Crippen LogP contribution in [0.25, 0.3) is 11.0 Å². The monoisotopic (exact) mass is 204 g/mol. The quantitative estimate of drug-likeness (QED) is 0.723. The average Bonchev–Trinajstić information content (AvgIpc) is 2.60. The Labute approximate surface area is 86.3 Å². The SMILES string of the molecule is OCCC#Cc1cc2cc(F)ccc2o1.